The van der Waals surface area contributed by atoms with Crippen LogP contribution in [0.15, 0.2) is 30.3 Å². The molecule has 0 aromatic heterocycles. The number of nitrogens with two attached hydrogens (primary N) is 1. The van der Waals surface area contributed by atoms with Gasteiger partial charge in [0, 0.05) is 18.3 Å². The van der Waals surface area contributed by atoms with Crippen molar-refractivity contribution >= 4 is 23.6 Å². The number of rotatable bonds is 8. The Morgan fingerprint density at radius 1 is 1.39 bits per heavy atom. The molecule has 1 unspecified atom stereocenters. The summed E-state index contributed by atoms with van der Waals surface area (Å²) < 4.78 is 0. The summed E-state index contributed by atoms with van der Waals surface area (Å²) in [6.07, 6.45) is -0.828. The van der Waals surface area contributed by atoms with Crippen molar-refractivity contribution in [1.82, 2.24) is 10.3 Å². The molecular weight excluding hydrogens is 322 g/mol. The molecule has 0 radical (unpaired) electrons. The van der Waals surface area contributed by atoms with E-state index in [-0.39, 0.29) is 0 Å². The van der Waals surface area contributed by atoms with Gasteiger partial charge in [-0.25, -0.2) is 0 Å². The Labute approximate surface area is 137 Å². The number of hydrogen-bond donors (Lipinski definition) is 5. The number of nitrogens with one attached hydrogen (secondary N) is 1. The summed E-state index contributed by atoms with van der Waals surface area (Å²) >= 11 is 0.310. The van der Waals surface area contributed by atoms with Crippen LogP contribution in [0.2, 0.25) is 0 Å². The highest BCUT2D eigenvalue weighted by Crippen LogP contribution is 2.38. The predicted molar refractivity (Wildman–Crippen MR) is 85.2 cm³/mol. The van der Waals surface area contributed by atoms with Gasteiger partial charge >= 0.3 is 11.0 Å². The third kappa shape index (κ3) is 4.43. The molecule has 1 amide bonds. The van der Waals surface area contributed by atoms with Gasteiger partial charge in [0.15, 0.2) is 6.10 Å². The lowest BCUT2D eigenvalue weighted by Gasteiger charge is -2.15. The largest absolute Gasteiger partial charge is 0.480 e. The summed E-state index contributed by atoms with van der Waals surface area (Å²) in [6, 6.07) is 9.55. The van der Waals surface area contributed by atoms with E-state index in [4.69, 9.17) is 10.9 Å². The van der Waals surface area contributed by atoms with Crippen LogP contribution in [-0.2, 0) is 27.8 Å². The molecule has 3 atom stereocenters. The Balaban J connectivity index is 1.78. The number of aliphatic hydroxyl groups excluding tert-OH is 1. The highest BCUT2D eigenvalue weighted by atomic mass is 32.2. The molecule has 1 fully saturated rings. The number of carbonyl (C=O) groups excluding carboxylic acids is 1. The molecule has 0 spiro atoms. The fraction of sp³-hybridized carbons (Fsp3) is 0.429. The number of benzene rings is 1. The first-order valence-corrected chi connectivity index (χ1v) is 7.99. The van der Waals surface area contributed by atoms with Gasteiger partial charge in [0.25, 0.3) is 5.91 Å². The van der Waals surface area contributed by atoms with Crippen molar-refractivity contribution in [3.8, 4) is 0 Å². The number of nitrogens with zero attached hydrogens (tertiary/aromatic N) is 1. The predicted octanol–water partition coefficient (Wildman–Crippen LogP) is -2.19. The number of hydrogen-bond acceptors (Lipinski definition) is 6. The van der Waals surface area contributed by atoms with E-state index in [1.165, 1.54) is 0 Å². The zero-order valence-corrected chi connectivity index (χ0v) is 13.2. The first-order chi connectivity index (χ1) is 10.8. The minimum atomic E-state index is -1.69. The van der Waals surface area contributed by atoms with Gasteiger partial charge in [-0.15, -0.1) is 0 Å². The Hall–Kier alpha value is -1.65. The van der Waals surface area contributed by atoms with Crippen molar-refractivity contribution in [1.29, 1.82) is 0 Å². The molecule has 1 aliphatic heterocycles. The fourth-order valence-electron chi connectivity index (χ4n) is 2.18. The van der Waals surface area contributed by atoms with E-state index in [2.05, 4.69) is 5.32 Å². The SMILES string of the molecule is NN(CC(=O)O)C1(O)[SH+][C@@H]1[C@H](O)C(=O)NCCc1ccccc1. The van der Waals surface area contributed by atoms with Gasteiger partial charge in [-0.1, -0.05) is 30.3 Å². The summed E-state index contributed by atoms with van der Waals surface area (Å²) in [7, 11) is 0. The van der Waals surface area contributed by atoms with E-state index >= 15 is 0 Å². The molecule has 1 aromatic rings. The lowest BCUT2D eigenvalue weighted by Crippen LogP contribution is -2.51. The van der Waals surface area contributed by atoms with Crippen LogP contribution < -0.4 is 11.2 Å². The van der Waals surface area contributed by atoms with Crippen LogP contribution in [0.3, 0.4) is 0 Å². The van der Waals surface area contributed by atoms with Crippen LogP contribution >= 0.6 is 0 Å². The molecule has 1 heterocycles. The quantitative estimate of drug-likeness (QED) is 0.0904. The second-order valence-electron chi connectivity index (χ2n) is 5.25. The van der Waals surface area contributed by atoms with Crippen molar-refractivity contribution in [3.63, 3.8) is 0 Å². The first kappa shape index (κ1) is 17.7. The molecule has 1 aliphatic rings. The molecule has 0 saturated carbocycles. The summed E-state index contributed by atoms with van der Waals surface area (Å²) in [5, 5.41) is 29.5. The molecule has 126 valence electrons. The third-order valence-electron chi connectivity index (χ3n) is 3.51. The molecule has 23 heavy (non-hydrogen) atoms. The van der Waals surface area contributed by atoms with E-state index < -0.39 is 34.8 Å². The number of carbonyl (C=O) groups is 2. The number of carboxylic acids is 1. The van der Waals surface area contributed by atoms with Crippen molar-refractivity contribution in [2.24, 2.45) is 5.84 Å². The number of aliphatic hydroxyl groups is 2. The van der Waals surface area contributed by atoms with Crippen molar-refractivity contribution in [3.05, 3.63) is 35.9 Å². The average molecular weight is 342 g/mol. The second-order valence-corrected chi connectivity index (χ2v) is 6.73. The number of thiol groups is 1. The molecular formula is C14H20N3O5S+. The molecule has 2 rings (SSSR count). The van der Waals surface area contributed by atoms with Gasteiger partial charge in [-0.2, -0.15) is 5.01 Å². The standard InChI is InChI=1S/C14H19N3O5S/c15-17(8-10(18)19)14(22)12(23-14)11(20)13(21)16-7-6-9-4-2-1-3-5-9/h1-5,11-12,20,22H,6-8,15H2,(H,16,21)(H,18,19)/p+1/t11-,12+,14?/m0/s1. The Morgan fingerprint density at radius 2 is 2.04 bits per heavy atom. The second kappa shape index (κ2) is 7.28. The van der Waals surface area contributed by atoms with Crippen LogP contribution in [0, 0.1) is 0 Å². The normalized spacial score (nSPS) is 24.3. The number of aliphatic carboxylic acids is 1. The molecule has 6 N–H and O–H groups in total. The Bertz CT molecular complexity index is 573. The molecule has 0 aliphatic carbocycles. The van der Waals surface area contributed by atoms with Gasteiger partial charge in [-0.3, -0.25) is 15.4 Å². The van der Waals surface area contributed by atoms with Crippen molar-refractivity contribution < 1.29 is 24.9 Å². The van der Waals surface area contributed by atoms with Crippen LogP contribution in [0.5, 0.6) is 0 Å². The minimum absolute atomic E-state index is 0.310. The van der Waals surface area contributed by atoms with Gasteiger partial charge in [0.05, 0.1) is 0 Å². The maximum Gasteiger partial charge on any atom is 0.349 e. The summed E-state index contributed by atoms with van der Waals surface area (Å²) in [4.78, 5) is 22.5. The summed E-state index contributed by atoms with van der Waals surface area (Å²) in [6.45, 7) is -0.230. The van der Waals surface area contributed by atoms with Gasteiger partial charge in [0.2, 0.25) is 5.25 Å². The minimum Gasteiger partial charge on any atom is -0.480 e. The lowest BCUT2D eigenvalue weighted by atomic mass is 10.1. The summed E-state index contributed by atoms with van der Waals surface area (Å²) in [5.74, 6) is 3.65. The number of hydrazine groups is 1. The zero-order chi connectivity index (χ0) is 17.0. The Kier molecular flexibility index (Phi) is 5.60. The zero-order valence-electron chi connectivity index (χ0n) is 12.3. The highest BCUT2D eigenvalue weighted by molar-refractivity contribution is 7.88. The molecule has 9 heteroatoms. The van der Waals surface area contributed by atoms with Crippen LogP contribution in [0.1, 0.15) is 5.56 Å². The first-order valence-electron chi connectivity index (χ1n) is 7.03. The average Bonchev–Trinajstić information content (AvgIpc) is 3.20. The van der Waals surface area contributed by atoms with Crippen molar-refractivity contribution in [2.45, 2.75) is 22.8 Å². The highest BCUT2D eigenvalue weighted by Gasteiger charge is 2.75. The number of amides is 1. The van der Waals surface area contributed by atoms with Gasteiger partial charge < -0.3 is 20.6 Å². The van der Waals surface area contributed by atoms with Gasteiger partial charge in [-0.05, 0) is 12.0 Å². The van der Waals surface area contributed by atoms with Crippen LogP contribution in [0.25, 0.3) is 0 Å². The monoisotopic (exact) mass is 342 g/mol. The summed E-state index contributed by atoms with van der Waals surface area (Å²) in [5.41, 5.74) is 1.05. The Morgan fingerprint density at radius 3 is 2.65 bits per heavy atom. The molecule has 8 nitrogen and oxygen atoms in total. The van der Waals surface area contributed by atoms with E-state index in [1.807, 2.05) is 30.3 Å². The van der Waals surface area contributed by atoms with E-state index in [0.717, 1.165) is 10.6 Å². The van der Waals surface area contributed by atoms with Gasteiger partial charge in [0.1, 0.15) is 6.54 Å². The van der Waals surface area contributed by atoms with Crippen molar-refractivity contribution in [2.75, 3.05) is 13.1 Å². The lowest BCUT2D eigenvalue weighted by molar-refractivity contribution is -0.142. The van der Waals surface area contributed by atoms with Crippen LogP contribution in [-0.4, -0.2) is 61.7 Å². The van der Waals surface area contributed by atoms with E-state index in [1.54, 1.807) is 0 Å². The van der Waals surface area contributed by atoms with E-state index in [9.17, 15) is 19.8 Å². The maximum atomic E-state index is 11.9. The molecule has 1 aromatic carbocycles. The topological polar surface area (TPSA) is 136 Å². The van der Waals surface area contributed by atoms with E-state index in [0.29, 0.717) is 24.7 Å². The third-order valence-corrected chi connectivity index (χ3v) is 5.07. The fourth-order valence-corrected chi connectivity index (χ4v) is 3.30. The smallest absolute Gasteiger partial charge is 0.349 e. The number of carboxylic acid groups (broad SMARTS) is 1. The maximum absolute atomic E-state index is 11.9. The van der Waals surface area contributed by atoms with Crippen LogP contribution in [0.4, 0.5) is 0 Å². The molecule has 0 bridgehead atoms. The molecule has 1 saturated heterocycles.